The van der Waals surface area contributed by atoms with E-state index in [1.165, 1.54) is 6.20 Å². The molecule has 1 aromatic heterocycles. The summed E-state index contributed by atoms with van der Waals surface area (Å²) in [6.45, 7) is 1.84. The molecule has 26 heavy (non-hydrogen) atoms. The number of likely N-dealkylation sites (tertiary alicyclic amines) is 1. The third-order valence-electron chi connectivity index (χ3n) is 4.55. The van der Waals surface area contributed by atoms with Gasteiger partial charge in [0.05, 0.1) is 11.5 Å². The van der Waals surface area contributed by atoms with Crippen LogP contribution in [0, 0.1) is 5.92 Å². The second-order valence-electron chi connectivity index (χ2n) is 6.58. The average Bonchev–Trinajstić information content (AvgIpc) is 2.56. The number of aromatic nitrogens is 1. The van der Waals surface area contributed by atoms with Crippen LogP contribution in [0.5, 0.6) is 0 Å². The lowest BCUT2D eigenvalue weighted by molar-refractivity contribution is -0.147. The van der Waals surface area contributed by atoms with Crippen LogP contribution in [0.25, 0.3) is 0 Å². The summed E-state index contributed by atoms with van der Waals surface area (Å²) in [5, 5.41) is 8.87. The van der Waals surface area contributed by atoms with Crippen molar-refractivity contribution < 1.29 is 23.1 Å². The molecular weight excluding hydrogens is 345 g/mol. The van der Waals surface area contributed by atoms with Crippen LogP contribution in [0.4, 0.5) is 13.2 Å². The van der Waals surface area contributed by atoms with Crippen molar-refractivity contribution in [2.24, 2.45) is 5.92 Å². The highest BCUT2D eigenvalue weighted by molar-refractivity contribution is 5.71. The van der Waals surface area contributed by atoms with Crippen LogP contribution in [0.1, 0.15) is 22.4 Å². The first-order valence-corrected chi connectivity index (χ1v) is 8.36. The fourth-order valence-electron chi connectivity index (χ4n) is 2.99. The molecule has 2 heterocycles. The van der Waals surface area contributed by atoms with Gasteiger partial charge >= 0.3 is 12.1 Å². The lowest BCUT2D eigenvalue weighted by Gasteiger charge is -2.36. The van der Waals surface area contributed by atoms with Gasteiger partial charge in [-0.3, -0.25) is 14.7 Å². The van der Waals surface area contributed by atoms with Crippen molar-refractivity contribution in [1.29, 1.82) is 0 Å². The number of carboxylic acids is 1. The molecule has 1 saturated heterocycles. The number of aryl methyl sites for hydroxylation is 2. The quantitative estimate of drug-likeness (QED) is 0.854. The van der Waals surface area contributed by atoms with Crippen LogP contribution >= 0.6 is 0 Å². The highest BCUT2D eigenvalue weighted by Gasteiger charge is 2.32. The number of pyridine rings is 1. The molecule has 0 unspecified atom stereocenters. The molecule has 1 aliphatic heterocycles. The van der Waals surface area contributed by atoms with Crippen LogP contribution < -0.4 is 0 Å². The van der Waals surface area contributed by atoms with Crippen molar-refractivity contribution in [3.8, 4) is 0 Å². The molecule has 0 saturated carbocycles. The van der Waals surface area contributed by atoms with E-state index in [1.54, 1.807) is 0 Å². The molecule has 1 aliphatic rings. The van der Waals surface area contributed by atoms with E-state index in [0.29, 0.717) is 38.2 Å². The Morgan fingerprint density at radius 2 is 1.77 bits per heavy atom. The number of nitrogens with zero attached hydrogens (tertiary/aromatic N) is 2. The van der Waals surface area contributed by atoms with Gasteiger partial charge in [-0.15, -0.1) is 0 Å². The smallest absolute Gasteiger partial charge is 0.416 e. The average molecular weight is 364 g/mol. The van der Waals surface area contributed by atoms with Crippen LogP contribution in [0.15, 0.2) is 42.6 Å². The number of carbonyl (C=O) groups is 1. The Kier molecular flexibility index (Phi) is 5.27. The highest BCUT2D eigenvalue weighted by atomic mass is 19.4. The van der Waals surface area contributed by atoms with Crippen LogP contribution in [0.2, 0.25) is 0 Å². The first-order valence-electron chi connectivity index (χ1n) is 8.36. The molecule has 0 aliphatic carbocycles. The molecule has 0 amide bonds. The Morgan fingerprint density at radius 1 is 1.12 bits per heavy atom. The van der Waals surface area contributed by atoms with E-state index >= 15 is 0 Å². The summed E-state index contributed by atoms with van der Waals surface area (Å²) in [7, 11) is 0. The number of alkyl halides is 3. The van der Waals surface area contributed by atoms with Crippen molar-refractivity contribution in [3.05, 3.63) is 65.0 Å². The van der Waals surface area contributed by atoms with Crippen LogP contribution in [-0.2, 0) is 30.4 Å². The maximum atomic E-state index is 12.7. The van der Waals surface area contributed by atoms with Gasteiger partial charge in [0.25, 0.3) is 0 Å². The summed E-state index contributed by atoms with van der Waals surface area (Å²) in [5.41, 5.74) is 1.87. The predicted octanol–water partition coefficient (Wildman–Crippen LogP) is 3.40. The number of rotatable bonds is 6. The number of carboxylic acid groups (broad SMARTS) is 1. The van der Waals surface area contributed by atoms with Crippen molar-refractivity contribution in [2.45, 2.75) is 25.6 Å². The third kappa shape index (κ3) is 4.60. The van der Waals surface area contributed by atoms with E-state index in [4.69, 9.17) is 5.11 Å². The summed E-state index contributed by atoms with van der Waals surface area (Å²) in [4.78, 5) is 16.9. The SMILES string of the molecule is O=C(O)C1CN(Cc2ccc(CCc3cc(C(F)(F)F)ccn3)cc2)C1. The second-order valence-corrected chi connectivity index (χ2v) is 6.58. The predicted molar refractivity (Wildman–Crippen MR) is 89.5 cm³/mol. The van der Waals surface area contributed by atoms with Gasteiger partial charge in [0.1, 0.15) is 0 Å². The minimum Gasteiger partial charge on any atom is -0.481 e. The highest BCUT2D eigenvalue weighted by Crippen LogP contribution is 2.29. The lowest BCUT2D eigenvalue weighted by Crippen LogP contribution is -2.49. The fourth-order valence-corrected chi connectivity index (χ4v) is 2.99. The minimum atomic E-state index is -4.35. The zero-order chi connectivity index (χ0) is 18.7. The maximum Gasteiger partial charge on any atom is 0.416 e. The summed E-state index contributed by atoms with van der Waals surface area (Å²) in [5.74, 6) is -1.02. The Morgan fingerprint density at radius 3 is 2.38 bits per heavy atom. The van der Waals surface area contributed by atoms with Gasteiger partial charge in [0.2, 0.25) is 0 Å². The largest absolute Gasteiger partial charge is 0.481 e. The first-order chi connectivity index (χ1) is 12.3. The minimum absolute atomic E-state index is 0.269. The van der Waals surface area contributed by atoms with Gasteiger partial charge in [-0.2, -0.15) is 13.2 Å². The molecule has 0 spiro atoms. The van der Waals surface area contributed by atoms with E-state index in [2.05, 4.69) is 9.88 Å². The zero-order valence-corrected chi connectivity index (χ0v) is 14.0. The van der Waals surface area contributed by atoms with E-state index in [0.717, 1.165) is 23.3 Å². The summed E-state index contributed by atoms with van der Waals surface area (Å²) in [6.07, 6.45) is -2.11. The second kappa shape index (κ2) is 7.45. The normalized spacial score (nSPS) is 15.7. The monoisotopic (exact) mass is 364 g/mol. The van der Waals surface area contributed by atoms with Gasteiger partial charge < -0.3 is 5.11 Å². The Bertz CT molecular complexity index is 769. The molecule has 0 bridgehead atoms. The van der Waals surface area contributed by atoms with E-state index < -0.39 is 17.7 Å². The summed E-state index contributed by atoms with van der Waals surface area (Å²) in [6, 6.07) is 9.93. The van der Waals surface area contributed by atoms with Gasteiger partial charge in [0, 0.05) is 31.5 Å². The maximum absolute atomic E-state index is 12.7. The van der Waals surface area contributed by atoms with Crippen molar-refractivity contribution in [2.75, 3.05) is 13.1 Å². The van der Waals surface area contributed by atoms with E-state index in [1.807, 2.05) is 24.3 Å². The molecule has 4 nitrogen and oxygen atoms in total. The Hall–Kier alpha value is -2.41. The van der Waals surface area contributed by atoms with Crippen molar-refractivity contribution in [3.63, 3.8) is 0 Å². The van der Waals surface area contributed by atoms with Crippen LogP contribution in [0.3, 0.4) is 0 Å². The molecule has 2 aromatic rings. The molecule has 7 heteroatoms. The first kappa shape index (κ1) is 18.4. The van der Waals surface area contributed by atoms with Crippen LogP contribution in [-0.4, -0.2) is 34.0 Å². The molecule has 1 aromatic carbocycles. The molecular formula is C19H19F3N2O2. The zero-order valence-electron chi connectivity index (χ0n) is 14.0. The van der Waals surface area contributed by atoms with Crippen molar-refractivity contribution >= 4 is 5.97 Å². The van der Waals surface area contributed by atoms with Gasteiger partial charge in [-0.1, -0.05) is 24.3 Å². The molecule has 1 N–H and O–H groups in total. The summed E-state index contributed by atoms with van der Waals surface area (Å²) < 4.78 is 38.2. The number of aliphatic carboxylic acids is 1. The van der Waals surface area contributed by atoms with Crippen molar-refractivity contribution in [1.82, 2.24) is 9.88 Å². The van der Waals surface area contributed by atoms with E-state index in [-0.39, 0.29) is 5.92 Å². The standard InChI is InChI=1S/C19H19F3N2O2/c20-19(21,22)16-7-8-23-17(9-16)6-5-13-1-3-14(4-2-13)10-24-11-15(12-24)18(25)26/h1-4,7-9,15H,5-6,10-12H2,(H,25,26). The number of hydrogen-bond donors (Lipinski definition) is 1. The summed E-state index contributed by atoms with van der Waals surface area (Å²) >= 11 is 0. The number of benzene rings is 1. The molecule has 138 valence electrons. The van der Waals surface area contributed by atoms with E-state index in [9.17, 15) is 18.0 Å². The van der Waals surface area contributed by atoms with Gasteiger partial charge in [0.15, 0.2) is 0 Å². The number of halogens is 3. The Labute approximate surface area is 149 Å². The fraction of sp³-hybridized carbons (Fsp3) is 0.368. The molecule has 3 rings (SSSR count). The topological polar surface area (TPSA) is 53.4 Å². The lowest BCUT2D eigenvalue weighted by atomic mass is 9.99. The molecule has 0 atom stereocenters. The molecule has 0 radical (unpaired) electrons. The molecule has 1 fully saturated rings. The van der Waals surface area contributed by atoms with Gasteiger partial charge in [-0.25, -0.2) is 0 Å². The van der Waals surface area contributed by atoms with Gasteiger partial charge in [-0.05, 0) is 36.1 Å². The third-order valence-corrected chi connectivity index (χ3v) is 4.55. The number of hydrogen-bond acceptors (Lipinski definition) is 3. The Balaban J connectivity index is 1.51.